The van der Waals surface area contributed by atoms with E-state index in [1.807, 2.05) is 0 Å². The number of hydrogen-bond acceptors (Lipinski definition) is 2. The van der Waals surface area contributed by atoms with Crippen LogP contribution in [0.3, 0.4) is 0 Å². The number of nitrogens with zero attached hydrogens (tertiary/aromatic N) is 1. The van der Waals surface area contributed by atoms with Crippen LogP contribution in [0, 0.1) is 0 Å². The number of ether oxygens (including phenoxy) is 1. The second-order valence-electron chi connectivity index (χ2n) is 3.72. The topological polar surface area (TPSA) is 12.5 Å². The van der Waals surface area contributed by atoms with Crippen molar-refractivity contribution in [1.29, 1.82) is 0 Å². The summed E-state index contributed by atoms with van der Waals surface area (Å²) >= 11 is 0. The highest BCUT2D eigenvalue weighted by atomic mass is 16.5. The molecule has 0 aliphatic carbocycles. The van der Waals surface area contributed by atoms with Gasteiger partial charge in [0.15, 0.2) is 0 Å². The van der Waals surface area contributed by atoms with Gasteiger partial charge in [0, 0.05) is 25.7 Å². The fraction of sp³-hybridized carbons (Fsp3) is 0.455. The molecule has 0 unspecified atom stereocenters. The maximum atomic E-state index is 5.18. The maximum absolute atomic E-state index is 5.18. The molecule has 0 aromatic heterocycles. The van der Waals surface area contributed by atoms with Gasteiger partial charge >= 0.3 is 0 Å². The van der Waals surface area contributed by atoms with Crippen LogP contribution in [-0.2, 0) is 4.74 Å². The second-order valence-corrected chi connectivity index (χ2v) is 3.72. The van der Waals surface area contributed by atoms with E-state index in [1.165, 1.54) is 11.3 Å². The summed E-state index contributed by atoms with van der Waals surface area (Å²) < 4.78 is 5.18. The van der Waals surface area contributed by atoms with E-state index in [4.69, 9.17) is 4.74 Å². The monoisotopic (exact) mass is 177 g/mol. The minimum Gasteiger partial charge on any atom is -0.380 e. The summed E-state index contributed by atoms with van der Waals surface area (Å²) in [5.41, 5.74) is 2.67. The summed E-state index contributed by atoms with van der Waals surface area (Å²) in [6.45, 7) is 1.77. The van der Waals surface area contributed by atoms with Crippen molar-refractivity contribution in [2.75, 3.05) is 32.2 Å². The molecule has 2 heteroatoms. The lowest BCUT2D eigenvalue weighted by Gasteiger charge is -2.27. The van der Waals surface area contributed by atoms with Crippen LogP contribution < -0.4 is 4.90 Å². The van der Waals surface area contributed by atoms with E-state index in [0.29, 0.717) is 5.92 Å². The summed E-state index contributed by atoms with van der Waals surface area (Å²) in [6.07, 6.45) is 0. The average molecular weight is 177 g/mol. The third-order valence-electron chi connectivity index (χ3n) is 2.50. The molecule has 1 heterocycles. The molecular weight excluding hydrogens is 162 g/mol. The van der Waals surface area contributed by atoms with E-state index < -0.39 is 0 Å². The second kappa shape index (κ2) is 3.38. The summed E-state index contributed by atoms with van der Waals surface area (Å²) in [6, 6.07) is 8.67. The minimum atomic E-state index is 0.625. The van der Waals surface area contributed by atoms with E-state index in [0.717, 1.165) is 13.2 Å². The standard InChI is InChI=1S/C11H15NO/c1-12(2)11-5-3-4-9(6-11)10-7-13-8-10/h3-6,10H,7-8H2,1-2H3. The smallest absolute Gasteiger partial charge is 0.0557 e. The van der Waals surface area contributed by atoms with Crippen molar-refractivity contribution in [2.45, 2.75) is 5.92 Å². The highest BCUT2D eigenvalue weighted by molar-refractivity contribution is 5.48. The minimum absolute atomic E-state index is 0.625. The molecule has 2 rings (SSSR count). The number of benzene rings is 1. The molecule has 1 saturated heterocycles. The first-order valence-corrected chi connectivity index (χ1v) is 4.62. The molecule has 0 atom stereocenters. The molecule has 1 aromatic carbocycles. The molecule has 0 amide bonds. The molecule has 0 spiro atoms. The molecule has 1 aliphatic heterocycles. The third-order valence-corrected chi connectivity index (χ3v) is 2.50. The zero-order chi connectivity index (χ0) is 9.26. The van der Waals surface area contributed by atoms with Crippen LogP contribution in [0.2, 0.25) is 0 Å². The van der Waals surface area contributed by atoms with Crippen molar-refractivity contribution in [3.63, 3.8) is 0 Å². The first kappa shape index (κ1) is 8.57. The van der Waals surface area contributed by atoms with Gasteiger partial charge in [0.25, 0.3) is 0 Å². The quantitative estimate of drug-likeness (QED) is 0.683. The van der Waals surface area contributed by atoms with Crippen LogP contribution in [0.4, 0.5) is 5.69 Å². The molecule has 0 N–H and O–H groups in total. The Hall–Kier alpha value is -1.02. The van der Waals surface area contributed by atoms with Gasteiger partial charge in [-0.15, -0.1) is 0 Å². The Kier molecular flexibility index (Phi) is 2.23. The molecule has 0 radical (unpaired) electrons. The Labute approximate surface area is 79.1 Å². The molecule has 1 aliphatic rings. The first-order valence-electron chi connectivity index (χ1n) is 4.62. The van der Waals surface area contributed by atoms with Crippen molar-refractivity contribution in [2.24, 2.45) is 0 Å². The van der Waals surface area contributed by atoms with Crippen molar-refractivity contribution < 1.29 is 4.74 Å². The van der Waals surface area contributed by atoms with Gasteiger partial charge in [-0.25, -0.2) is 0 Å². The molecular formula is C11H15NO. The van der Waals surface area contributed by atoms with E-state index >= 15 is 0 Å². The van der Waals surface area contributed by atoms with Crippen molar-refractivity contribution in [1.82, 2.24) is 0 Å². The fourth-order valence-corrected chi connectivity index (χ4v) is 1.49. The summed E-state index contributed by atoms with van der Waals surface area (Å²) in [4.78, 5) is 2.13. The van der Waals surface area contributed by atoms with Crippen LogP contribution in [0.5, 0.6) is 0 Å². The fourth-order valence-electron chi connectivity index (χ4n) is 1.49. The zero-order valence-corrected chi connectivity index (χ0v) is 8.16. The summed E-state index contributed by atoms with van der Waals surface area (Å²) in [5.74, 6) is 0.625. The molecule has 0 bridgehead atoms. The van der Waals surface area contributed by atoms with Crippen molar-refractivity contribution in [3.8, 4) is 0 Å². The lowest BCUT2D eigenvalue weighted by Crippen LogP contribution is -2.25. The molecule has 2 nitrogen and oxygen atoms in total. The first-order chi connectivity index (χ1) is 6.27. The highest BCUT2D eigenvalue weighted by Crippen LogP contribution is 2.26. The zero-order valence-electron chi connectivity index (χ0n) is 8.16. The lowest BCUT2D eigenvalue weighted by atomic mass is 9.97. The van der Waals surface area contributed by atoms with E-state index in [-0.39, 0.29) is 0 Å². The molecule has 1 aromatic rings. The van der Waals surface area contributed by atoms with Crippen LogP contribution in [-0.4, -0.2) is 27.3 Å². The van der Waals surface area contributed by atoms with Gasteiger partial charge in [0.05, 0.1) is 13.2 Å². The summed E-state index contributed by atoms with van der Waals surface area (Å²) in [5, 5.41) is 0. The lowest BCUT2D eigenvalue weighted by molar-refractivity contribution is 0.00844. The van der Waals surface area contributed by atoms with Gasteiger partial charge in [0.1, 0.15) is 0 Å². The third kappa shape index (κ3) is 1.68. The van der Waals surface area contributed by atoms with E-state index in [1.54, 1.807) is 0 Å². The van der Waals surface area contributed by atoms with Crippen LogP contribution in [0.25, 0.3) is 0 Å². The van der Waals surface area contributed by atoms with Gasteiger partial charge in [-0.2, -0.15) is 0 Å². The van der Waals surface area contributed by atoms with Crippen LogP contribution >= 0.6 is 0 Å². The average Bonchev–Trinajstić information content (AvgIpc) is 2.01. The van der Waals surface area contributed by atoms with Gasteiger partial charge in [-0.3, -0.25) is 0 Å². The Balaban J connectivity index is 2.21. The Morgan fingerprint density at radius 3 is 2.62 bits per heavy atom. The van der Waals surface area contributed by atoms with Gasteiger partial charge in [-0.1, -0.05) is 12.1 Å². The number of anilines is 1. The molecule has 70 valence electrons. The van der Waals surface area contributed by atoms with Crippen LogP contribution in [0.15, 0.2) is 24.3 Å². The molecule has 0 saturated carbocycles. The molecule has 13 heavy (non-hydrogen) atoms. The van der Waals surface area contributed by atoms with Crippen LogP contribution in [0.1, 0.15) is 11.5 Å². The van der Waals surface area contributed by atoms with Gasteiger partial charge in [-0.05, 0) is 17.7 Å². The van der Waals surface area contributed by atoms with Gasteiger partial charge in [0.2, 0.25) is 0 Å². The van der Waals surface area contributed by atoms with Crippen molar-refractivity contribution in [3.05, 3.63) is 29.8 Å². The Morgan fingerprint density at radius 2 is 2.08 bits per heavy atom. The van der Waals surface area contributed by atoms with Crippen molar-refractivity contribution >= 4 is 5.69 Å². The number of rotatable bonds is 2. The molecule has 1 fully saturated rings. The summed E-state index contributed by atoms with van der Waals surface area (Å²) in [7, 11) is 4.13. The van der Waals surface area contributed by atoms with E-state index in [2.05, 4.69) is 43.3 Å². The Bertz CT molecular complexity index is 292. The SMILES string of the molecule is CN(C)c1cccc(C2COC2)c1. The number of hydrogen-bond donors (Lipinski definition) is 0. The largest absolute Gasteiger partial charge is 0.380 e. The predicted octanol–water partition coefficient (Wildman–Crippen LogP) is 1.87. The normalized spacial score (nSPS) is 16.8. The highest BCUT2D eigenvalue weighted by Gasteiger charge is 2.20. The van der Waals surface area contributed by atoms with E-state index in [9.17, 15) is 0 Å². The Morgan fingerprint density at radius 1 is 1.31 bits per heavy atom. The van der Waals surface area contributed by atoms with Gasteiger partial charge < -0.3 is 9.64 Å². The predicted molar refractivity (Wildman–Crippen MR) is 54.3 cm³/mol. The maximum Gasteiger partial charge on any atom is 0.0557 e.